The molecule has 1 aliphatic carbocycles. The van der Waals surface area contributed by atoms with Gasteiger partial charge in [0.25, 0.3) is 0 Å². The first kappa shape index (κ1) is 12.8. The fraction of sp³-hybridized carbons (Fsp3) is 0.917. The van der Waals surface area contributed by atoms with E-state index in [1.165, 1.54) is 12.8 Å². The second-order valence-corrected chi connectivity index (χ2v) is 4.94. The average Bonchev–Trinajstić information content (AvgIpc) is 2.99. The van der Waals surface area contributed by atoms with Crippen molar-refractivity contribution in [2.45, 2.75) is 44.4 Å². The zero-order valence-electron chi connectivity index (χ0n) is 10.4. The number of rotatable bonds is 7. The Bertz CT molecular complexity index is 250. The summed E-state index contributed by atoms with van der Waals surface area (Å²) in [5.41, 5.74) is 0. The summed E-state index contributed by atoms with van der Waals surface area (Å²) in [5.74, 6) is 0.0515. The zero-order chi connectivity index (χ0) is 12.1. The normalized spacial score (nSPS) is 25.8. The summed E-state index contributed by atoms with van der Waals surface area (Å²) in [6.45, 7) is 4.41. The smallest absolute Gasteiger partial charge is 0.234 e. The molecule has 1 saturated carbocycles. The summed E-state index contributed by atoms with van der Waals surface area (Å²) in [6, 6.07) is 0.632. The number of carbonyl (C=O) groups excluding carboxylic acids is 1. The van der Waals surface area contributed by atoms with Crippen molar-refractivity contribution in [2.24, 2.45) is 0 Å². The molecule has 0 unspecified atom stereocenters. The maximum absolute atomic E-state index is 11.5. The molecule has 5 heteroatoms. The van der Waals surface area contributed by atoms with E-state index >= 15 is 0 Å². The molecule has 2 atom stereocenters. The highest BCUT2D eigenvalue weighted by Gasteiger charge is 2.22. The predicted octanol–water partition coefficient (Wildman–Crippen LogP) is 0.0486. The Morgan fingerprint density at radius 2 is 2.29 bits per heavy atom. The molecule has 0 aromatic heterocycles. The maximum atomic E-state index is 11.5. The first-order valence-electron chi connectivity index (χ1n) is 6.46. The highest BCUT2D eigenvalue weighted by molar-refractivity contribution is 5.78. The Morgan fingerprint density at radius 1 is 1.47 bits per heavy atom. The van der Waals surface area contributed by atoms with Crippen LogP contribution in [0.1, 0.15) is 26.2 Å². The van der Waals surface area contributed by atoms with Crippen molar-refractivity contribution in [1.82, 2.24) is 10.6 Å². The zero-order valence-corrected chi connectivity index (χ0v) is 10.4. The van der Waals surface area contributed by atoms with Crippen LogP contribution in [-0.2, 0) is 14.3 Å². The molecule has 1 aliphatic heterocycles. The van der Waals surface area contributed by atoms with Crippen LogP contribution in [-0.4, -0.2) is 50.5 Å². The van der Waals surface area contributed by atoms with Crippen LogP contribution >= 0.6 is 0 Å². The second kappa shape index (κ2) is 6.33. The number of ether oxygens (including phenoxy) is 2. The molecule has 17 heavy (non-hydrogen) atoms. The van der Waals surface area contributed by atoms with Gasteiger partial charge in [0.1, 0.15) is 0 Å². The van der Waals surface area contributed by atoms with Crippen molar-refractivity contribution >= 4 is 5.91 Å². The molecular weight excluding hydrogens is 220 g/mol. The van der Waals surface area contributed by atoms with Gasteiger partial charge in [0.05, 0.1) is 25.9 Å². The largest absolute Gasteiger partial charge is 0.379 e. The highest BCUT2D eigenvalue weighted by Crippen LogP contribution is 2.17. The van der Waals surface area contributed by atoms with Crippen LogP contribution in [0.2, 0.25) is 0 Å². The first-order valence-corrected chi connectivity index (χ1v) is 6.46. The van der Waals surface area contributed by atoms with Crippen LogP contribution in [0.25, 0.3) is 0 Å². The van der Waals surface area contributed by atoms with Gasteiger partial charge in [-0.2, -0.15) is 0 Å². The summed E-state index contributed by atoms with van der Waals surface area (Å²) in [6.07, 6.45) is 3.57. The standard InChI is InChI=1S/C12H22N2O3/c1-9(7-17-11-4-5-16-8-11)14-12(15)6-13-10-2-3-10/h9-11,13H,2-8H2,1H3,(H,14,15)/t9-,11-/m1/s1. The van der Waals surface area contributed by atoms with E-state index in [1.807, 2.05) is 6.92 Å². The average molecular weight is 242 g/mol. The third kappa shape index (κ3) is 5.02. The number of nitrogens with one attached hydrogen (secondary N) is 2. The van der Waals surface area contributed by atoms with Gasteiger partial charge < -0.3 is 20.1 Å². The quantitative estimate of drug-likeness (QED) is 0.662. The van der Waals surface area contributed by atoms with Gasteiger partial charge in [0.15, 0.2) is 0 Å². The van der Waals surface area contributed by atoms with Crippen molar-refractivity contribution in [1.29, 1.82) is 0 Å². The lowest BCUT2D eigenvalue weighted by Gasteiger charge is -2.17. The monoisotopic (exact) mass is 242 g/mol. The Balaban J connectivity index is 1.52. The Hall–Kier alpha value is -0.650. The van der Waals surface area contributed by atoms with Crippen molar-refractivity contribution in [2.75, 3.05) is 26.4 Å². The lowest BCUT2D eigenvalue weighted by Crippen LogP contribution is -2.42. The van der Waals surface area contributed by atoms with E-state index in [0.717, 1.165) is 13.0 Å². The SMILES string of the molecule is C[C@H](CO[C@@H]1CCOC1)NC(=O)CNC1CC1. The first-order chi connectivity index (χ1) is 8.24. The molecule has 0 aromatic rings. The van der Waals surface area contributed by atoms with Gasteiger partial charge in [-0.1, -0.05) is 0 Å². The lowest BCUT2D eigenvalue weighted by molar-refractivity contribution is -0.121. The number of hydrogen-bond donors (Lipinski definition) is 2. The maximum Gasteiger partial charge on any atom is 0.234 e. The van der Waals surface area contributed by atoms with Crippen LogP contribution in [0.5, 0.6) is 0 Å². The van der Waals surface area contributed by atoms with Crippen molar-refractivity contribution in [3.63, 3.8) is 0 Å². The van der Waals surface area contributed by atoms with Gasteiger partial charge in [0.2, 0.25) is 5.91 Å². The third-order valence-corrected chi connectivity index (χ3v) is 3.01. The molecule has 2 aliphatic rings. The second-order valence-electron chi connectivity index (χ2n) is 4.94. The topological polar surface area (TPSA) is 59.6 Å². The highest BCUT2D eigenvalue weighted by atomic mass is 16.5. The Morgan fingerprint density at radius 3 is 2.94 bits per heavy atom. The molecule has 1 saturated heterocycles. The molecule has 98 valence electrons. The molecule has 0 bridgehead atoms. The van der Waals surface area contributed by atoms with E-state index in [0.29, 0.717) is 25.8 Å². The Kier molecular flexibility index (Phi) is 4.76. The van der Waals surface area contributed by atoms with Gasteiger partial charge in [-0.05, 0) is 26.2 Å². The molecule has 5 nitrogen and oxygen atoms in total. The van der Waals surface area contributed by atoms with Gasteiger partial charge in [0, 0.05) is 18.7 Å². The fourth-order valence-electron chi connectivity index (χ4n) is 1.82. The Labute approximate surface area is 102 Å². The van der Waals surface area contributed by atoms with Crippen molar-refractivity contribution < 1.29 is 14.3 Å². The van der Waals surface area contributed by atoms with E-state index < -0.39 is 0 Å². The van der Waals surface area contributed by atoms with Crippen LogP contribution in [0, 0.1) is 0 Å². The molecule has 2 fully saturated rings. The van der Waals surface area contributed by atoms with Gasteiger partial charge >= 0.3 is 0 Å². The number of hydrogen-bond acceptors (Lipinski definition) is 4. The fourth-order valence-corrected chi connectivity index (χ4v) is 1.82. The van der Waals surface area contributed by atoms with Crippen LogP contribution in [0.3, 0.4) is 0 Å². The van der Waals surface area contributed by atoms with Gasteiger partial charge in [-0.15, -0.1) is 0 Å². The summed E-state index contributed by atoms with van der Waals surface area (Å²) in [7, 11) is 0. The molecule has 0 spiro atoms. The lowest BCUT2D eigenvalue weighted by atomic mass is 10.3. The molecular formula is C12H22N2O3. The van der Waals surface area contributed by atoms with E-state index in [2.05, 4.69) is 10.6 Å². The third-order valence-electron chi connectivity index (χ3n) is 3.01. The summed E-state index contributed by atoms with van der Waals surface area (Å²) < 4.78 is 10.9. The van der Waals surface area contributed by atoms with E-state index in [9.17, 15) is 4.79 Å². The summed E-state index contributed by atoms with van der Waals surface area (Å²) >= 11 is 0. The summed E-state index contributed by atoms with van der Waals surface area (Å²) in [4.78, 5) is 11.5. The molecule has 1 amide bonds. The van der Waals surface area contributed by atoms with Crippen LogP contribution in [0.15, 0.2) is 0 Å². The molecule has 0 radical (unpaired) electrons. The predicted molar refractivity (Wildman–Crippen MR) is 63.8 cm³/mol. The molecule has 2 N–H and O–H groups in total. The van der Waals surface area contributed by atoms with Crippen molar-refractivity contribution in [3.8, 4) is 0 Å². The van der Waals surface area contributed by atoms with Crippen molar-refractivity contribution in [3.05, 3.63) is 0 Å². The van der Waals surface area contributed by atoms with E-state index in [1.54, 1.807) is 0 Å². The van der Waals surface area contributed by atoms with Gasteiger partial charge in [-0.25, -0.2) is 0 Å². The minimum Gasteiger partial charge on any atom is -0.379 e. The minimum absolute atomic E-state index is 0.0515. The summed E-state index contributed by atoms with van der Waals surface area (Å²) in [5, 5.41) is 6.11. The van der Waals surface area contributed by atoms with Crippen LogP contribution in [0.4, 0.5) is 0 Å². The van der Waals surface area contributed by atoms with E-state index in [-0.39, 0.29) is 18.1 Å². The molecule has 1 heterocycles. The van der Waals surface area contributed by atoms with Crippen LogP contribution < -0.4 is 10.6 Å². The molecule has 0 aromatic carbocycles. The minimum atomic E-state index is 0.0515. The van der Waals surface area contributed by atoms with Gasteiger partial charge in [-0.3, -0.25) is 4.79 Å². The number of carbonyl (C=O) groups is 1. The van der Waals surface area contributed by atoms with E-state index in [4.69, 9.17) is 9.47 Å². The molecule has 2 rings (SSSR count). The number of amides is 1.